The summed E-state index contributed by atoms with van der Waals surface area (Å²) in [5.41, 5.74) is 1.09. The van der Waals surface area contributed by atoms with Crippen molar-refractivity contribution in [3.8, 4) is 0 Å². The van der Waals surface area contributed by atoms with Crippen LogP contribution in [0.1, 0.15) is 12.8 Å². The molecule has 9 nitrogen and oxygen atoms in total. The second kappa shape index (κ2) is 5.84. The van der Waals surface area contributed by atoms with Crippen LogP contribution in [-0.2, 0) is 20.9 Å². The lowest BCUT2D eigenvalue weighted by Gasteiger charge is -2.16. The Morgan fingerprint density at radius 3 is 2.62 bits per heavy atom. The molecule has 2 aromatic rings. The number of carboxylic acids is 2. The molecule has 2 heterocycles. The number of hydrogen-bond donors (Lipinski definition) is 2. The van der Waals surface area contributed by atoms with Gasteiger partial charge in [-0.2, -0.15) is 0 Å². The Bertz CT molecular complexity index is 895. The summed E-state index contributed by atoms with van der Waals surface area (Å²) in [5.74, 6) is -3.85. The number of aliphatic carboxylic acids is 2. The molecule has 0 aliphatic carbocycles. The Kier molecular flexibility index (Phi) is 3.84. The van der Waals surface area contributed by atoms with Gasteiger partial charge in [0, 0.05) is 25.2 Å². The fourth-order valence-corrected chi connectivity index (χ4v) is 2.76. The van der Waals surface area contributed by atoms with Crippen LogP contribution < -0.4 is 10.7 Å². The van der Waals surface area contributed by atoms with Crippen molar-refractivity contribution in [2.75, 3.05) is 11.4 Å². The number of aryl methyl sites for hydroxylation is 1. The third-order valence-electron chi connectivity index (χ3n) is 3.99. The van der Waals surface area contributed by atoms with Gasteiger partial charge in [-0.15, -0.1) is 0 Å². The van der Waals surface area contributed by atoms with Gasteiger partial charge < -0.3 is 19.5 Å². The maximum atomic E-state index is 12.0. The van der Waals surface area contributed by atoms with Crippen molar-refractivity contribution < 1.29 is 29.0 Å². The minimum atomic E-state index is -1.05. The van der Waals surface area contributed by atoms with Gasteiger partial charge in [-0.25, -0.2) is 4.79 Å². The molecular formula is C15H14N2O7. The van der Waals surface area contributed by atoms with E-state index in [-0.39, 0.29) is 37.4 Å². The van der Waals surface area contributed by atoms with Crippen molar-refractivity contribution in [1.29, 1.82) is 0 Å². The highest BCUT2D eigenvalue weighted by Gasteiger charge is 2.35. The third kappa shape index (κ3) is 2.75. The van der Waals surface area contributed by atoms with Crippen LogP contribution in [0.25, 0.3) is 11.1 Å². The maximum Gasteiger partial charge on any atom is 0.419 e. The number of fused-ring (bicyclic) bond motifs is 1. The molecule has 1 aromatic heterocycles. The quantitative estimate of drug-likeness (QED) is 0.814. The molecular weight excluding hydrogens is 320 g/mol. The van der Waals surface area contributed by atoms with Gasteiger partial charge in [0.05, 0.1) is 17.9 Å². The normalized spacial score (nSPS) is 17.6. The van der Waals surface area contributed by atoms with Crippen molar-refractivity contribution in [2.45, 2.75) is 19.4 Å². The summed E-state index contributed by atoms with van der Waals surface area (Å²) in [4.78, 5) is 47.0. The number of carbonyl (C=O) groups is 3. The van der Waals surface area contributed by atoms with Crippen LogP contribution >= 0.6 is 0 Å². The Hall–Kier alpha value is -3.10. The lowest BCUT2D eigenvalue weighted by Crippen LogP contribution is -2.25. The van der Waals surface area contributed by atoms with Crippen molar-refractivity contribution >= 4 is 34.6 Å². The van der Waals surface area contributed by atoms with E-state index in [4.69, 9.17) is 14.6 Å². The summed E-state index contributed by atoms with van der Waals surface area (Å²) >= 11 is 0. The van der Waals surface area contributed by atoms with E-state index in [1.54, 1.807) is 6.07 Å². The number of hydrogen-bond acceptors (Lipinski definition) is 5. The van der Waals surface area contributed by atoms with E-state index in [0.717, 1.165) is 0 Å². The zero-order valence-corrected chi connectivity index (χ0v) is 12.5. The molecule has 3 rings (SSSR count). The van der Waals surface area contributed by atoms with E-state index < -0.39 is 23.6 Å². The van der Waals surface area contributed by atoms with E-state index in [2.05, 4.69) is 0 Å². The van der Waals surface area contributed by atoms with Crippen molar-refractivity contribution in [1.82, 2.24) is 4.57 Å². The number of nitrogens with zero attached hydrogens (tertiary/aromatic N) is 2. The molecule has 1 saturated heterocycles. The smallest absolute Gasteiger partial charge is 0.419 e. The zero-order chi connectivity index (χ0) is 17.4. The molecule has 0 radical (unpaired) electrons. The van der Waals surface area contributed by atoms with E-state index in [1.165, 1.54) is 21.6 Å². The van der Waals surface area contributed by atoms with E-state index in [1.807, 2.05) is 0 Å². The fourth-order valence-electron chi connectivity index (χ4n) is 2.76. The lowest BCUT2D eigenvalue weighted by molar-refractivity contribution is -0.141. The summed E-state index contributed by atoms with van der Waals surface area (Å²) < 4.78 is 6.23. The Morgan fingerprint density at radius 2 is 2.00 bits per heavy atom. The average molecular weight is 334 g/mol. The molecule has 1 aliphatic heterocycles. The summed E-state index contributed by atoms with van der Waals surface area (Å²) in [6.45, 7) is -0.00675. The zero-order valence-electron chi connectivity index (χ0n) is 12.5. The van der Waals surface area contributed by atoms with Gasteiger partial charge in [-0.3, -0.25) is 19.0 Å². The summed E-state index contributed by atoms with van der Waals surface area (Å²) in [6.07, 6.45) is -0.326. The molecule has 0 saturated carbocycles. The number of oxazole rings is 1. The van der Waals surface area contributed by atoms with Crippen LogP contribution in [0, 0.1) is 5.92 Å². The van der Waals surface area contributed by atoms with Crippen molar-refractivity contribution in [3.05, 3.63) is 28.7 Å². The molecule has 24 heavy (non-hydrogen) atoms. The number of aromatic nitrogens is 1. The van der Waals surface area contributed by atoms with Gasteiger partial charge in [-0.05, 0) is 18.2 Å². The Morgan fingerprint density at radius 1 is 1.25 bits per heavy atom. The lowest BCUT2D eigenvalue weighted by atomic mass is 10.1. The standard InChI is InChI=1S/C15H14N2O7/c18-12-5-8(14(21)22)7-17(12)9-1-2-11-10(6-9)16(15(23)24-11)4-3-13(19)20/h1-2,6,8H,3-5,7H2,(H,19,20)(H,21,22). The van der Waals surface area contributed by atoms with Crippen molar-refractivity contribution in [3.63, 3.8) is 0 Å². The van der Waals surface area contributed by atoms with Gasteiger partial charge in [0.25, 0.3) is 0 Å². The highest BCUT2D eigenvalue weighted by molar-refractivity contribution is 6.00. The molecule has 1 atom stereocenters. The van der Waals surface area contributed by atoms with Gasteiger partial charge in [0.2, 0.25) is 5.91 Å². The molecule has 1 unspecified atom stereocenters. The van der Waals surface area contributed by atoms with Crippen molar-refractivity contribution in [2.24, 2.45) is 5.92 Å². The second-order valence-corrected chi connectivity index (χ2v) is 5.56. The Labute approximate surface area is 134 Å². The molecule has 1 aliphatic rings. The average Bonchev–Trinajstić information content (AvgIpc) is 3.04. The number of anilines is 1. The number of amides is 1. The first-order valence-corrected chi connectivity index (χ1v) is 7.25. The fraction of sp³-hybridized carbons (Fsp3) is 0.333. The van der Waals surface area contributed by atoms with Crippen LogP contribution in [0.3, 0.4) is 0 Å². The number of benzene rings is 1. The van der Waals surface area contributed by atoms with Crippen LogP contribution in [0.2, 0.25) is 0 Å². The SMILES string of the molecule is O=C(O)CCn1c(=O)oc2ccc(N3CC(C(=O)O)CC3=O)cc21. The van der Waals surface area contributed by atoms with E-state index >= 15 is 0 Å². The third-order valence-corrected chi connectivity index (χ3v) is 3.99. The van der Waals surface area contributed by atoms with Gasteiger partial charge >= 0.3 is 17.7 Å². The van der Waals surface area contributed by atoms with Gasteiger partial charge in [0.1, 0.15) is 0 Å². The monoisotopic (exact) mass is 334 g/mol. The number of carbonyl (C=O) groups excluding carboxylic acids is 1. The molecule has 1 fully saturated rings. The molecule has 0 spiro atoms. The summed E-state index contributed by atoms with van der Waals surface area (Å²) in [5, 5.41) is 17.8. The predicted molar refractivity (Wildman–Crippen MR) is 80.8 cm³/mol. The maximum absolute atomic E-state index is 12.0. The molecule has 9 heteroatoms. The minimum Gasteiger partial charge on any atom is -0.481 e. The van der Waals surface area contributed by atoms with Crippen LogP contribution in [0.4, 0.5) is 5.69 Å². The van der Waals surface area contributed by atoms with Gasteiger partial charge in [-0.1, -0.05) is 0 Å². The topological polar surface area (TPSA) is 130 Å². The minimum absolute atomic E-state index is 0.0525. The van der Waals surface area contributed by atoms with Crippen LogP contribution in [0.5, 0.6) is 0 Å². The second-order valence-electron chi connectivity index (χ2n) is 5.56. The first-order valence-electron chi connectivity index (χ1n) is 7.25. The van der Waals surface area contributed by atoms with E-state index in [0.29, 0.717) is 11.2 Å². The van der Waals surface area contributed by atoms with E-state index in [9.17, 15) is 19.2 Å². The molecule has 2 N–H and O–H groups in total. The number of rotatable bonds is 5. The largest absolute Gasteiger partial charge is 0.481 e. The highest BCUT2D eigenvalue weighted by Crippen LogP contribution is 2.28. The molecule has 1 aromatic carbocycles. The Balaban J connectivity index is 1.97. The first kappa shape index (κ1) is 15.8. The highest BCUT2D eigenvalue weighted by atomic mass is 16.4. The van der Waals surface area contributed by atoms with Crippen LogP contribution in [-0.4, -0.2) is 39.2 Å². The predicted octanol–water partition coefficient (Wildman–Crippen LogP) is 0.507. The molecule has 1 amide bonds. The number of carboxylic acid groups (broad SMARTS) is 2. The summed E-state index contributed by atoms with van der Waals surface area (Å²) in [6, 6.07) is 4.60. The molecule has 126 valence electrons. The summed E-state index contributed by atoms with van der Waals surface area (Å²) in [7, 11) is 0. The first-order chi connectivity index (χ1) is 11.4. The van der Waals surface area contributed by atoms with Gasteiger partial charge in [0.15, 0.2) is 5.58 Å². The van der Waals surface area contributed by atoms with Crippen LogP contribution in [0.15, 0.2) is 27.4 Å². The molecule has 0 bridgehead atoms.